The smallest absolute Gasteiger partial charge is 0.214 e. The molecule has 0 unspecified atom stereocenters. The summed E-state index contributed by atoms with van der Waals surface area (Å²) in [5.41, 5.74) is 2.03. The zero-order valence-corrected chi connectivity index (χ0v) is 13.7. The summed E-state index contributed by atoms with van der Waals surface area (Å²) in [5.74, 6) is 0. The molecule has 1 aromatic carbocycles. The van der Waals surface area contributed by atoms with Crippen molar-refractivity contribution in [1.82, 2.24) is 4.72 Å². The molecule has 21 heavy (non-hydrogen) atoms. The summed E-state index contributed by atoms with van der Waals surface area (Å²) in [7, 11) is -3.20. The van der Waals surface area contributed by atoms with E-state index in [-0.39, 0.29) is 11.4 Å². The Labute approximate surface area is 127 Å². The molecule has 0 aromatic heterocycles. The Morgan fingerprint density at radius 3 is 2.43 bits per heavy atom. The van der Waals surface area contributed by atoms with Crippen LogP contribution in [0.4, 0.5) is 0 Å². The van der Waals surface area contributed by atoms with Gasteiger partial charge in [-0.2, -0.15) is 0 Å². The van der Waals surface area contributed by atoms with Gasteiger partial charge < -0.3 is 4.74 Å². The van der Waals surface area contributed by atoms with Gasteiger partial charge in [0.05, 0.1) is 18.0 Å². The average Bonchev–Trinajstić information content (AvgIpc) is 2.99. The first-order valence-electron chi connectivity index (χ1n) is 7.66. The number of rotatable bonds is 7. The topological polar surface area (TPSA) is 55.4 Å². The molecule has 1 saturated carbocycles. The number of nitrogens with one attached hydrogen (secondary N) is 1. The maximum atomic E-state index is 12.2. The van der Waals surface area contributed by atoms with E-state index in [1.54, 1.807) is 0 Å². The van der Waals surface area contributed by atoms with Gasteiger partial charge in [-0.15, -0.1) is 0 Å². The second-order valence-electron chi connectivity index (χ2n) is 5.90. The summed E-state index contributed by atoms with van der Waals surface area (Å²) >= 11 is 0. The quantitative estimate of drug-likeness (QED) is 0.842. The van der Waals surface area contributed by atoms with Crippen molar-refractivity contribution in [3.63, 3.8) is 0 Å². The van der Waals surface area contributed by atoms with Crippen LogP contribution in [0.15, 0.2) is 24.3 Å². The fourth-order valence-electron chi connectivity index (χ4n) is 2.62. The average molecular weight is 311 g/mol. The van der Waals surface area contributed by atoms with Crippen molar-refractivity contribution in [3.8, 4) is 0 Å². The third-order valence-electron chi connectivity index (χ3n) is 3.90. The Hall–Kier alpha value is -0.910. The molecule has 4 nitrogen and oxygen atoms in total. The molecule has 2 rings (SSSR count). The highest BCUT2D eigenvalue weighted by Gasteiger charge is 2.28. The zero-order valence-electron chi connectivity index (χ0n) is 12.8. The maximum Gasteiger partial charge on any atom is 0.214 e. The summed E-state index contributed by atoms with van der Waals surface area (Å²) < 4.78 is 32.9. The van der Waals surface area contributed by atoms with Gasteiger partial charge in [0.25, 0.3) is 0 Å². The number of sulfonamides is 1. The van der Waals surface area contributed by atoms with Crippen LogP contribution in [0.3, 0.4) is 0 Å². The van der Waals surface area contributed by atoms with Crippen LogP contribution in [-0.4, -0.2) is 19.8 Å². The second-order valence-corrected chi connectivity index (χ2v) is 7.95. The lowest BCUT2D eigenvalue weighted by Crippen LogP contribution is -2.32. The molecule has 0 saturated heterocycles. The van der Waals surface area contributed by atoms with Crippen LogP contribution in [0, 0.1) is 0 Å². The van der Waals surface area contributed by atoms with Crippen molar-refractivity contribution in [3.05, 3.63) is 35.4 Å². The first-order chi connectivity index (χ1) is 9.99. The Kier molecular flexibility index (Phi) is 5.79. The zero-order chi connectivity index (χ0) is 15.3. The number of benzene rings is 1. The third-order valence-corrected chi connectivity index (χ3v) is 5.79. The van der Waals surface area contributed by atoms with Gasteiger partial charge in [-0.3, -0.25) is 0 Å². The highest BCUT2D eigenvalue weighted by Crippen LogP contribution is 2.24. The molecule has 1 fully saturated rings. The molecule has 0 bridgehead atoms. The minimum atomic E-state index is -3.20. The van der Waals surface area contributed by atoms with E-state index < -0.39 is 10.0 Å². The fraction of sp³-hybridized carbons (Fsp3) is 0.625. The fourth-order valence-corrected chi connectivity index (χ4v) is 4.17. The van der Waals surface area contributed by atoms with Crippen molar-refractivity contribution < 1.29 is 13.2 Å². The van der Waals surface area contributed by atoms with Crippen LogP contribution in [0.2, 0.25) is 0 Å². The summed E-state index contributed by atoms with van der Waals surface area (Å²) in [5, 5.41) is -0.212. The summed E-state index contributed by atoms with van der Waals surface area (Å²) in [6, 6.07) is 7.82. The van der Waals surface area contributed by atoms with Crippen molar-refractivity contribution in [2.24, 2.45) is 0 Å². The lowest BCUT2D eigenvalue weighted by Gasteiger charge is -2.15. The predicted molar refractivity (Wildman–Crippen MR) is 84.4 cm³/mol. The molecule has 1 aromatic rings. The minimum absolute atomic E-state index is 0.160. The summed E-state index contributed by atoms with van der Waals surface area (Å²) in [4.78, 5) is 0. The first kappa shape index (κ1) is 16.5. The molecule has 0 radical (unpaired) electrons. The van der Waals surface area contributed by atoms with Crippen LogP contribution < -0.4 is 4.72 Å². The van der Waals surface area contributed by atoms with E-state index >= 15 is 0 Å². The minimum Gasteiger partial charge on any atom is -0.374 e. The van der Waals surface area contributed by atoms with Gasteiger partial charge in [0.2, 0.25) is 10.0 Å². The van der Waals surface area contributed by atoms with Gasteiger partial charge >= 0.3 is 0 Å². The van der Waals surface area contributed by atoms with E-state index in [0.717, 1.165) is 36.8 Å². The second kappa shape index (κ2) is 7.38. The Morgan fingerprint density at radius 1 is 1.19 bits per heavy atom. The van der Waals surface area contributed by atoms with E-state index in [2.05, 4.69) is 4.72 Å². The van der Waals surface area contributed by atoms with Gasteiger partial charge in [0.1, 0.15) is 0 Å². The SMILES string of the molecule is CC(C)OCc1ccccc1CNS(=O)(=O)C1CCCC1. The Balaban J connectivity index is 1.99. The predicted octanol–water partition coefficient (Wildman–Crippen LogP) is 2.97. The van der Waals surface area contributed by atoms with Crippen LogP contribution in [0.5, 0.6) is 0 Å². The van der Waals surface area contributed by atoms with E-state index in [1.165, 1.54) is 0 Å². The molecule has 5 heteroatoms. The molecule has 0 aliphatic heterocycles. The van der Waals surface area contributed by atoms with E-state index in [1.807, 2.05) is 38.1 Å². The molecule has 0 spiro atoms. The van der Waals surface area contributed by atoms with Gasteiger partial charge in [0.15, 0.2) is 0 Å². The molecule has 0 amide bonds. The normalized spacial score (nSPS) is 16.7. The van der Waals surface area contributed by atoms with Gasteiger partial charge in [0, 0.05) is 6.54 Å². The number of hydrogen-bond acceptors (Lipinski definition) is 3. The van der Waals surface area contributed by atoms with Crippen LogP contribution in [-0.2, 0) is 27.9 Å². The molecule has 0 atom stereocenters. The highest BCUT2D eigenvalue weighted by molar-refractivity contribution is 7.90. The molecular formula is C16H25NO3S. The molecule has 1 aliphatic rings. The van der Waals surface area contributed by atoms with E-state index in [0.29, 0.717) is 13.2 Å². The van der Waals surface area contributed by atoms with Crippen molar-refractivity contribution in [2.45, 2.75) is 64.0 Å². The lowest BCUT2D eigenvalue weighted by molar-refractivity contribution is 0.0652. The van der Waals surface area contributed by atoms with E-state index in [4.69, 9.17) is 4.74 Å². The van der Waals surface area contributed by atoms with Crippen molar-refractivity contribution in [1.29, 1.82) is 0 Å². The largest absolute Gasteiger partial charge is 0.374 e. The van der Waals surface area contributed by atoms with Gasteiger partial charge in [-0.25, -0.2) is 13.1 Å². The van der Waals surface area contributed by atoms with Crippen LogP contribution in [0.1, 0.15) is 50.7 Å². The van der Waals surface area contributed by atoms with Gasteiger partial charge in [-0.05, 0) is 37.8 Å². The molecule has 1 N–H and O–H groups in total. The molecule has 0 heterocycles. The Morgan fingerprint density at radius 2 is 1.81 bits per heavy atom. The number of hydrogen-bond donors (Lipinski definition) is 1. The summed E-state index contributed by atoms with van der Waals surface area (Å²) in [6.07, 6.45) is 3.77. The molecular weight excluding hydrogens is 286 g/mol. The highest BCUT2D eigenvalue weighted by atomic mass is 32.2. The van der Waals surface area contributed by atoms with E-state index in [9.17, 15) is 8.42 Å². The van der Waals surface area contributed by atoms with Crippen molar-refractivity contribution >= 4 is 10.0 Å². The van der Waals surface area contributed by atoms with Crippen LogP contribution >= 0.6 is 0 Å². The molecule has 118 valence electrons. The standard InChI is InChI=1S/C16H25NO3S/c1-13(2)20-12-15-8-4-3-7-14(15)11-17-21(18,19)16-9-5-6-10-16/h3-4,7-8,13,16-17H,5-6,9-12H2,1-2H3. The maximum absolute atomic E-state index is 12.2. The lowest BCUT2D eigenvalue weighted by atomic mass is 10.1. The third kappa shape index (κ3) is 4.80. The first-order valence-corrected chi connectivity index (χ1v) is 9.20. The Bertz CT molecular complexity index is 548. The number of ether oxygens (including phenoxy) is 1. The van der Waals surface area contributed by atoms with Crippen LogP contribution in [0.25, 0.3) is 0 Å². The monoisotopic (exact) mass is 311 g/mol. The van der Waals surface area contributed by atoms with Crippen molar-refractivity contribution in [2.75, 3.05) is 0 Å². The molecule has 1 aliphatic carbocycles. The summed E-state index contributed by atoms with van der Waals surface area (Å²) in [6.45, 7) is 4.84. The van der Waals surface area contributed by atoms with Gasteiger partial charge in [-0.1, -0.05) is 37.1 Å².